The van der Waals surface area contributed by atoms with E-state index in [1.165, 1.54) is 18.0 Å². The first kappa shape index (κ1) is 22.0. The van der Waals surface area contributed by atoms with Crippen molar-refractivity contribution in [2.45, 2.75) is 15.6 Å². The van der Waals surface area contributed by atoms with Crippen LogP contribution in [0.25, 0.3) is 0 Å². The lowest BCUT2D eigenvalue weighted by Crippen LogP contribution is -2.24. The smallest absolute Gasteiger partial charge is 0.234 e. The highest BCUT2D eigenvalue weighted by Gasteiger charge is 2.34. The Labute approximate surface area is 198 Å². The Kier molecular flexibility index (Phi) is 6.22. The fourth-order valence-corrected chi connectivity index (χ4v) is 4.96. The number of hydrogen-bond donors (Lipinski definition) is 0. The van der Waals surface area contributed by atoms with Gasteiger partial charge in [-0.3, -0.25) is 9.59 Å². The molecule has 0 bridgehead atoms. The molecule has 8 heteroatoms. The number of nitrogens with zero attached hydrogens (tertiary/aromatic N) is 1. The lowest BCUT2D eigenvalue weighted by atomic mass is 9.98. The molecule has 0 unspecified atom stereocenters. The molecule has 0 saturated heterocycles. The normalized spacial score (nSPS) is 15.0. The number of carbonyl (C=O) groups excluding carboxylic acids is 2. The summed E-state index contributed by atoms with van der Waals surface area (Å²) in [5.41, 5.74) is 1.74. The molecule has 4 nitrogen and oxygen atoms in total. The summed E-state index contributed by atoms with van der Waals surface area (Å²) in [7, 11) is 0. The summed E-state index contributed by atoms with van der Waals surface area (Å²) in [5.74, 6) is -0.804. The maximum atomic E-state index is 13.6. The van der Waals surface area contributed by atoms with Crippen molar-refractivity contribution < 1.29 is 14.0 Å². The van der Waals surface area contributed by atoms with Crippen LogP contribution in [0.1, 0.15) is 33.4 Å². The Morgan fingerprint density at radius 1 is 0.968 bits per heavy atom. The van der Waals surface area contributed by atoms with Crippen molar-refractivity contribution >= 4 is 63.8 Å². The molecule has 0 spiro atoms. The monoisotopic (exact) mass is 491 g/mol. The first-order valence-electron chi connectivity index (χ1n) is 9.40. The van der Waals surface area contributed by atoms with E-state index in [1.54, 1.807) is 36.4 Å². The Morgan fingerprint density at radius 2 is 1.68 bits per heavy atom. The van der Waals surface area contributed by atoms with Crippen LogP contribution in [-0.4, -0.2) is 18.1 Å². The van der Waals surface area contributed by atoms with Gasteiger partial charge in [0.2, 0.25) is 9.58 Å². The van der Waals surface area contributed by atoms with Gasteiger partial charge in [-0.15, -0.1) is 0 Å². The summed E-state index contributed by atoms with van der Waals surface area (Å²) in [4.78, 5) is 29.9. The lowest BCUT2D eigenvalue weighted by molar-refractivity contribution is 0.0946. The van der Waals surface area contributed by atoms with Crippen LogP contribution in [0, 0.1) is 0 Å². The number of rotatable bonds is 5. The molecule has 0 saturated carbocycles. The van der Waals surface area contributed by atoms with Gasteiger partial charge >= 0.3 is 0 Å². The van der Waals surface area contributed by atoms with Crippen LogP contribution >= 0.6 is 46.6 Å². The van der Waals surface area contributed by atoms with Gasteiger partial charge in [-0.2, -0.15) is 0 Å². The molecule has 0 fully saturated rings. The second-order valence-electron chi connectivity index (χ2n) is 6.70. The molecule has 2 heterocycles. The molecule has 0 N–H and O–H groups in total. The molecule has 0 atom stereocenters. The van der Waals surface area contributed by atoms with Crippen LogP contribution in [0.2, 0.25) is 0 Å². The minimum Gasteiger partial charge on any atom is -0.461 e. The highest BCUT2D eigenvalue weighted by atomic mass is 35.6. The van der Waals surface area contributed by atoms with Crippen molar-refractivity contribution in [3.63, 3.8) is 0 Å². The van der Waals surface area contributed by atoms with Crippen molar-refractivity contribution in [3.8, 4) is 0 Å². The van der Waals surface area contributed by atoms with Crippen LogP contribution in [0.15, 0.2) is 86.8 Å². The number of para-hydroxylation sites is 1. The number of hydrogen-bond acceptors (Lipinski definition) is 5. The second-order valence-corrected chi connectivity index (χ2v) is 10.0. The molecule has 0 amide bonds. The zero-order chi connectivity index (χ0) is 22.2. The molecular weight excluding hydrogens is 477 g/mol. The maximum absolute atomic E-state index is 13.6. The zero-order valence-electron chi connectivity index (χ0n) is 16.3. The largest absolute Gasteiger partial charge is 0.461 e. The molecule has 2 aromatic carbocycles. The average molecular weight is 493 g/mol. The van der Waals surface area contributed by atoms with E-state index < -0.39 is 15.4 Å². The summed E-state index contributed by atoms with van der Waals surface area (Å²) < 4.78 is 3.71. The van der Waals surface area contributed by atoms with E-state index >= 15 is 0 Å². The number of halogens is 3. The average Bonchev–Trinajstić information content (AvgIpc) is 3.41. The van der Waals surface area contributed by atoms with Crippen LogP contribution in [-0.2, 0) is 3.79 Å². The maximum Gasteiger partial charge on any atom is 0.234 e. The van der Waals surface area contributed by atoms with Gasteiger partial charge in [0.05, 0.1) is 17.0 Å². The van der Waals surface area contributed by atoms with Crippen molar-refractivity contribution in [1.29, 1.82) is 0 Å². The number of alkyl halides is 3. The van der Waals surface area contributed by atoms with E-state index in [0.717, 1.165) is 10.6 Å². The highest BCUT2D eigenvalue weighted by molar-refractivity contribution is 8.03. The predicted octanol–water partition coefficient (Wildman–Crippen LogP) is 7.02. The number of allylic oxidation sites excluding steroid dienone is 1. The number of ketones is 2. The summed E-state index contributed by atoms with van der Waals surface area (Å²) in [6, 6.07) is 17.2. The molecule has 4 rings (SSSR count). The second kappa shape index (κ2) is 8.75. The number of furan rings is 1. The van der Waals surface area contributed by atoms with E-state index in [2.05, 4.69) is 0 Å². The van der Waals surface area contributed by atoms with E-state index in [9.17, 15) is 9.59 Å². The molecule has 31 heavy (non-hydrogen) atoms. The van der Waals surface area contributed by atoms with Crippen molar-refractivity contribution in [1.82, 2.24) is 0 Å². The molecule has 158 valence electrons. The number of carbonyl (C=O) groups is 2. The van der Waals surface area contributed by atoms with Gasteiger partial charge in [0.1, 0.15) is 5.57 Å². The fraction of sp³-hybridized carbons (Fsp3) is 0.130. The third kappa shape index (κ3) is 4.28. The fourth-order valence-electron chi connectivity index (χ4n) is 3.32. The van der Waals surface area contributed by atoms with Crippen molar-refractivity contribution in [2.24, 2.45) is 0 Å². The summed E-state index contributed by atoms with van der Waals surface area (Å²) >= 11 is 19.2. The Balaban J connectivity index is 1.84. The molecule has 1 aromatic heterocycles. The first-order valence-corrected chi connectivity index (χ1v) is 11.3. The van der Waals surface area contributed by atoms with Gasteiger partial charge < -0.3 is 9.32 Å². The van der Waals surface area contributed by atoms with Gasteiger partial charge in [0.25, 0.3) is 0 Å². The number of benzene rings is 2. The lowest BCUT2D eigenvalue weighted by Gasteiger charge is -2.20. The topological polar surface area (TPSA) is 50.5 Å². The molecule has 0 aliphatic carbocycles. The molecule has 1 aliphatic heterocycles. The highest BCUT2D eigenvalue weighted by Crippen LogP contribution is 2.47. The van der Waals surface area contributed by atoms with Gasteiger partial charge in [-0.25, -0.2) is 0 Å². The number of Topliss-reactive ketones (excluding diaryl/α,β-unsaturated/α-hetero) is 2. The van der Waals surface area contributed by atoms with Crippen LogP contribution in [0.3, 0.4) is 0 Å². The van der Waals surface area contributed by atoms with Crippen molar-refractivity contribution in [2.75, 3.05) is 11.4 Å². The summed E-state index contributed by atoms with van der Waals surface area (Å²) in [6.45, 7) is 2.56. The van der Waals surface area contributed by atoms with Gasteiger partial charge in [0.15, 0.2) is 11.5 Å². The van der Waals surface area contributed by atoms with E-state index in [-0.39, 0.29) is 11.3 Å². The van der Waals surface area contributed by atoms with E-state index in [1.807, 2.05) is 36.1 Å². The molecule has 0 radical (unpaired) electrons. The SMILES string of the molecule is CCN1/C(=C(/C(=O)c2ccc(C(Cl)(Cl)Cl)cc2)C(=O)c2ccco2)Sc2ccccc21. The minimum absolute atomic E-state index is 0.0413. The standard InChI is InChI=1S/C23H16Cl3NO3S/c1-2-27-16-6-3-4-8-18(16)31-22(27)19(21(29)17-7-5-13-30-17)20(28)14-9-11-15(12-10-14)23(24,25)26/h3-13H,2H2,1H3/b22-19+. The Morgan fingerprint density at radius 3 is 2.29 bits per heavy atom. The Bertz CT molecular complexity index is 1170. The van der Waals surface area contributed by atoms with E-state index in [0.29, 0.717) is 22.7 Å². The predicted molar refractivity (Wildman–Crippen MR) is 125 cm³/mol. The minimum atomic E-state index is -1.60. The molecule has 3 aromatic rings. The molecular formula is C23H16Cl3NO3S. The molecule has 1 aliphatic rings. The van der Waals surface area contributed by atoms with E-state index in [4.69, 9.17) is 39.2 Å². The third-order valence-corrected chi connectivity index (χ3v) is 6.65. The Hall–Kier alpha value is -2.18. The number of anilines is 1. The number of fused-ring (bicyclic) bond motifs is 1. The van der Waals surface area contributed by atoms with Gasteiger partial charge in [-0.1, -0.05) is 83.0 Å². The number of thioether (sulfide) groups is 1. The summed E-state index contributed by atoms with van der Waals surface area (Å²) in [5, 5.41) is 0.570. The summed E-state index contributed by atoms with van der Waals surface area (Å²) in [6.07, 6.45) is 1.41. The van der Waals surface area contributed by atoms with Crippen LogP contribution in [0.5, 0.6) is 0 Å². The van der Waals surface area contributed by atoms with Gasteiger partial charge in [-0.05, 0) is 31.2 Å². The third-order valence-electron chi connectivity index (χ3n) is 4.81. The quantitative estimate of drug-likeness (QED) is 0.126. The van der Waals surface area contributed by atoms with Gasteiger partial charge in [0, 0.05) is 22.6 Å². The van der Waals surface area contributed by atoms with Crippen LogP contribution in [0.4, 0.5) is 5.69 Å². The zero-order valence-corrected chi connectivity index (χ0v) is 19.4. The van der Waals surface area contributed by atoms with Crippen molar-refractivity contribution in [3.05, 3.63) is 94.4 Å². The first-order chi connectivity index (χ1) is 14.8. The van der Waals surface area contributed by atoms with Crippen LogP contribution < -0.4 is 4.90 Å².